The Bertz CT molecular complexity index is 949. The fraction of sp³-hybridized carbons (Fsp3) is 0.455. The van der Waals surface area contributed by atoms with E-state index < -0.39 is 21.8 Å². The van der Waals surface area contributed by atoms with Crippen molar-refractivity contribution >= 4 is 15.7 Å². The van der Waals surface area contributed by atoms with E-state index in [0.29, 0.717) is 11.1 Å². The van der Waals surface area contributed by atoms with Gasteiger partial charge in [0.2, 0.25) is 0 Å². The highest BCUT2D eigenvalue weighted by Crippen LogP contribution is 2.36. The molecule has 0 bridgehead atoms. The Kier molecular flexibility index (Phi) is 6.72. The Morgan fingerprint density at radius 3 is 1.76 bits per heavy atom. The maximum atomic E-state index is 13.3. The van der Waals surface area contributed by atoms with E-state index in [1.165, 1.54) is 12.1 Å². The highest BCUT2D eigenvalue weighted by atomic mass is 32.2. The minimum atomic E-state index is -4.55. The van der Waals surface area contributed by atoms with E-state index in [9.17, 15) is 21.6 Å². The van der Waals surface area contributed by atoms with Crippen LogP contribution in [0.4, 0.5) is 18.9 Å². The van der Waals surface area contributed by atoms with Crippen molar-refractivity contribution < 1.29 is 21.6 Å². The van der Waals surface area contributed by atoms with Gasteiger partial charge in [-0.2, -0.15) is 13.2 Å². The summed E-state index contributed by atoms with van der Waals surface area (Å²) < 4.78 is 68.0. The van der Waals surface area contributed by atoms with Crippen molar-refractivity contribution in [1.29, 1.82) is 0 Å². The molecule has 0 spiro atoms. The molecule has 29 heavy (non-hydrogen) atoms. The molecule has 0 radical (unpaired) electrons. The number of halogens is 3. The molecule has 0 saturated heterocycles. The van der Waals surface area contributed by atoms with Crippen LogP contribution in [0.3, 0.4) is 0 Å². The van der Waals surface area contributed by atoms with Crippen LogP contribution in [0.15, 0.2) is 41.3 Å². The number of hydrogen-bond acceptors (Lipinski definition) is 2. The molecule has 0 atom stereocenters. The van der Waals surface area contributed by atoms with E-state index in [1.807, 2.05) is 53.7 Å². The van der Waals surface area contributed by atoms with Crippen molar-refractivity contribution in [2.45, 2.75) is 70.4 Å². The zero-order valence-electron chi connectivity index (χ0n) is 17.6. The standard InChI is InChI=1S/C22H28F3NO2S/c1-13(2)16-10-19(14(3)4)21(20(11-16)15(5)6)29(27,28)26-18-9-7-8-17(12-18)22(23,24)25/h7-15,26H,1-6H3. The van der Waals surface area contributed by atoms with Crippen LogP contribution in [-0.2, 0) is 16.2 Å². The summed E-state index contributed by atoms with van der Waals surface area (Å²) in [7, 11) is -4.09. The van der Waals surface area contributed by atoms with E-state index in [4.69, 9.17) is 0 Å². The predicted octanol–water partition coefficient (Wildman–Crippen LogP) is 6.88. The first-order valence-corrected chi connectivity index (χ1v) is 11.1. The molecule has 1 N–H and O–H groups in total. The lowest BCUT2D eigenvalue weighted by molar-refractivity contribution is -0.137. The van der Waals surface area contributed by atoms with Gasteiger partial charge in [-0.3, -0.25) is 4.72 Å². The van der Waals surface area contributed by atoms with Crippen molar-refractivity contribution in [1.82, 2.24) is 0 Å². The second-order valence-corrected chi connectivity index (χ2v) is 9.80. The molecule has 0 fully saturated rings. The van der Waals surface area contributed by atoms with Gasteiger partial charge in [-0.15, -0.1) is 0 Å². The second-order valence-electron chi connectivity index (χ2n) is 8.18. The molecule has 0 unspecified atom stereocenters. The molecule has 3 nitrogen and oxygen atoms in total. The first kappa shape index (κ1) is 23.3. The average Bonchev–Trinajstić information content (AvgIpc) is 2.59. The number of anilines is 1. The van der Waals surface area contributed by atoms with Crippen molar-refractivity contribution in [3.63, 3.8) is 0 Å². The van der Waals surface area contributed by atoms with Crippen molar-refractivity contribution in [2.75, 3.05) is 4.72 Å². The average molecular weight is 428 g/mol. The summed E-state index contributed by atoms with van der Waals surface area (Å²) in [5.41, 5.74) is 1.35. The van der Waals surface area contributed by atoms with Crippen molar-refractivity contribution in [2.24, 2.45) is 0 Å². The van der Waals surface area contributed by atoms with Gasteiger partial charge < -0.3 is 0 Å². The number of hydrogen-bond donors (Lipinski definition) is 1. The molecule has 2 aromatic carbocycles. The lowest BCUT2D eigenvalue weighted by Gasteiger charge is -2.23. The van der Waals surface area contributed by atoms with Crippen LogP contribution >= 0.6 is 0 Å². The molecule has 160 valence electrons. The summed E-state index contributed by atoms with van der Waals surface area (Å²) in [4.78, 5) is 0.157. The van der Waals surface area contributed by atoms with Crippen LogP contribution in [0.1, 0.15) is 81.5 Å². The topological polar surface area (TPSA) is 46.2 Å². The normalized spacial score (nSPS) is 12.8. The van der Waals surface area contributed by atoms with Gasteiger partial charge in [0.1, 0.15) is 0 Å². The number of nitrogens with one attached hydrogen (secondary N) is 1. The zero-order valence-corrected chi connectivity index (χ0v) is 18.4. The third kappa shape index (κ3) is 5.32. The molecule has 2 aromatic rings. The highest BCUT2D eigenvalue weighted by Gasteiger charge is 2.31. The SMILES string of the molecule is CC(C)c1cc(C(C)C)c(S(=O)(=O)Nc2cccc(C(F)(F)F)c2)c(C(C)C)c1. The summed E-state index contributed by atoms with van der Waals surface area (Å²) in [6, 6.07) is 8.01. The Labute approximate surface area is 171 Å². The Hall–Kier alpha value is -2.02. The van der Waals surface area contributed by atoms with Crippen LogP contribution in [0, 0.1) is 0 Å². The summed E-state index contributed by atoms with van der Waals surface area (Å²) >= 11 is 0. The number of sulfonamides is 1. The van der Waals surface area contributed by atoms with E-state index in [-0.39, 0.29) is 28.3 Å². The zero-order chi connectivity index (χ0) is 22.1. The van der Waals surface area contributed by atoms with Crippen molar-refractivity contribution in [3.05, 3.63) is 58.7 Å². The van der Waals surface area contributed by atoms with Gasteiger partial charge >= 0.3 is 6.18 Å². The second kappa shape index (κ2) is 8.38. The molecule has 0 aliphatic carbocycles. The third-order valence-corrected chi connectivity index (χ3v) is 6.30. The van der Waals surface area contributed by atoms with Gasteiger partial charge in [0.15, 0.2) is 0 Å². The molecule has 7 heteroatoms. The van der Waals surface area contributed by atoms with Crippen LogP contribution in [0.25, 0.3) is 0 Å². The largest absolute Gasteiger partial charge is 0.416 e. The lowest BCUT2D eigenvalue weighted by Crippen LogP contribution is -2.19. The Morgan fingerprint density at radius 1 is 0.828 bits per heavy atom. The molecule has 0 aromatic heterocycles. The summed E-state index contributed by atoms with van der Waals surface area (Å²) in [5, 5.41) is 0. The number of alkyl halides is 3. The van der Waals surface area contributed by atoms with Crippen molar-refractivity contribution in [3.8, 4) is 0 Å². The van der Waals surface area contributed by atoms with Crippen LogP contribution in [-0.4, -0.2) is 8.42 Å². The molecule has 0 aliphatic rings. The fourth-order valence-corrected chi connectivity index (χ4v) is 4.91. The molecule has 0 saturated carbocycles. The minimum absolute atomic E-state index is 0.0701. The Balaban J connectivity index is 2.65. The van der Waals surface area contributed by atoms with Crippen LogP contribution in [0.2, 0.25) is 0 Å². The predicted molar refractivity (Wildman–Crippen MR) is 111 cm³/mol. The van der Waals surface area contributed by atoms with E-state index in [2.05, 4.69) is 4.72 Å². The monoisotopic (exact) mass is 427 g/mol. The van der Waals surface area contributed by atoms with Gasteiger partial charge in [-0.1, -0.05) is 59.7 Å². The lowest BCUT2D eigenvalue weighted by atomic mass is 9.89. The van der Waals surface area contributed by atoms with Gasteiger partial charge in [0, 0.05) is 5.69 Å². The van der Waals surface area contributed by atoms with Gasteiger partial charge in [-0.25, -0.2) is 8.42 Å². The molecular formula is C22H28F3NO2S. The van der Waals surface area contributed by atoms with Crippen LogP contribution < -0.4 is 4.72 Å². The molecule has 0 aliphatic heterocycles. The van der Waals surface area contributed by atoms with Gasteiger partial charge in [0.25, 0.3) is 10.0 Å². The van der Waals surface area contributed by atoms with Gasteiger partial charge in [-0.05, 0) is 52.6 Å². The first-order chi connectivity index (χ1) is 13.2. The fourth-order valence-electron chi connectivity index (χ4n) is 3.17. The summed E-state index contributed by atoms with van der Waals surface area (Å²) in [5.74, 6) is 0.0803. The maximum absolute atomic E-state index is 13.3. The third-order valence-electron chi connectivity index (χ3n) is 4.79. The first-order valence-electron chi connectivity index (χ1n) is 9.61. The minimum Gasteiger partial charge on any atom is -0.280 e. The summed E-state index contributed by atoms with van der Waals surface area (Å²) in [6.07, 6.45) is -4.55. The van der Waals surface area contributed by atoms with E-state index >= 15 is 0 Å². The number of rotatable bonds is 6. The Morgan fingerprint density at radius 2 is 1.34 bits per heavy atom. The molecular weight excluding hydrogens is 399 g/mol. The van der Waals surface area contributed by atoms with Gasteiger partial charge in [0.05, 0.1) is 10.5 Å². The molecule has 2 rings (SSSR count). The van der Waals surface area contributed by atoms with E-state index in [0.717, 1.165) is 17.7 Å². The quantitative estimate of drug-likeness (QED) is 0.546. The maximum Gasteiger partial charge on any atom is 0.416 e. The van der Waals surface area contributed by atoms with Crippen LogP contribution in [0.5, 0.6) is 0 Å². The van der Waals surface area contributed by atoms with E-state index in [1.54, 1.807) is 0 Å². The number of benzene rings is 2. The molecule has 0 heterocycles. The smallest absolute Gasteiger partial charge is 0.280 e. The molecule has 0 amide bonds. The highest BCUT2D eigenvalue weighted by molar-refractivity contribution is 7.92. The summed E-state index contributed by atoms with van der Waals surface area (Å²) in [6.45, 7) is 11.7.